The fourth-order valence-corrected chi connectivity index (χ4v) is 4.17. The van der Waals surface area contributed by atoms with Crippen LogP contribution in [0.25, 0.3) is 0 Å². The van der Waals surface area contributed by atoms with E-state index in [2.05, 4.69) is 0 Å². The Balaban J connectivity index is 2.81. The summed E-state index contributed by atoms with van der Waals surface area (Å²) in [4.78, 5) is 38.8. The highest BCUT2D eigenvalue weighted by Gasteiger charge is 2.57. The zero-order chi connectivity index (χ0) is 23.3. The summed E-state index contributed by atoms with van der Waals surface area (Å²) >= 11 is 0. The van der Waals surface area contributed by atoms with Crippen LogP contribution in [0.15, 0.2) is 12.1 Å². The van der Waals surface area contributed by atoms with Gasteiger partial charge in [0.15, 0.2) is 17.3 Å². The number of methoxy groups -OCH3 is 3. The number of ketones is 1. The first-order valence-corrected chi connectivity index (χ1v) is 10.0. The first-order valence-electron chi connectivity index (χ1n) is 10.0. The average molecular weight is 438 g/mol. The molecule has 0 bridgehead atoms. The van der Waals surface area contributed by atoms with Crippen LogP contribution >= 0.6 is 0 Å². The predicted octanol–water partition coefficient (Wildman–Crippen LogP) is 1.88. The minimum atomic E-state index is -1.75. The number of rotatable bonds is 8. The summed E-state index contributed by atoms with van der Waals surface area (Å²) < 4.78 is 26.5. The van der Waals surface area contributed by atoms with Gasteiger partial charge in [-0.05, 0) is 26.8 Å². The van der Waals surface area contributed by atoms with E-state index in [-0.39, 0.29) is 19.0 Å². The number of aliphatic hydroxyl groups is 1. The van der Waals surface area contributed by atoms with Crippen molar-refractivity contribution in [3.05, 3.63) is 17.7 Å². The summed E-state index contributed by atoms with van der Waals surface area (Å²) in [6.07, 6.45) is -0.397. The molecule has 0 heterocycles. The number of carbonyl (C=O) groups is 3. The largest absolute Gasteiger partial charge is 0.496 e. The zero-order valence-corrected chi connectivity index (χ0v) is 18.7. The maximum Gasteiger partial charge on any atom is 0.317 e. The molecule has 1 aliphatic carbocycles. The molecule has 4 atom stereocenters. The molecule has 1 aromatic rings. The molecular formula is C22H30O9. The molecule has 1 N–H and O–H groups in total. The highest BCUT2D eigenvalue weighted by atomic mass is 16.5. The van der Waals surface area contributed by atoms with Gasteiger partial charge in [0.25, 0.3) is 0 Å². The van der Waals surface area contributed by atoms with E-state index >= 15 is 0 Å². The number of benzene rings is 1. The van der Waals surface area contributed by atoms with Gasteiger partial charge in [0, 0.05) is 24.0 Å². The Morgan fingerprint density at radius 3 is 2.00 bits per heavy atom. The van der Waals surface area contributed by atoms with Gasteiger partial charge in [-0.1, -0.05) is 0 Å². The summed E-state index contributed by atoms with van der Waals surface area (Å²) in [7, 11) is 4.29. The molecule has 0 saturated heterocycles. The molecule has 172 valence electrons. The van der Waals surface area contributed by atoms with Crippen LogP contribution in [0.4, 0.5) is 0 Å². The molecule has 9 heteroatoms. The van der Waals surface area contributed by atoms with Gasteiger partial charge < -0.3 is 28.8 Å². The second kappa shape index (κ2) is 10.00. The van der Waals surface area contributed by atoms with Gasteiger partial charge in [0.1, 0.15) is 11.7 Å². The number of hydrogen-bond acceptors (Lipinski definition) is 9. The summed E-state index contributed by atoms with van der Waals surface area (Å²) in [6, 6.07) is 3.07. The maximum atomic E-state index is 13.0. The van der Waals surface area contributed by atoms with Crippen LogP contribution in [-0.2, 0) is 23.9 Å². The molecule has 0 spiro atoms. The van der Waals surface area contributed by atoms with Crippen molar-refractivity contribution in [3.63, 3.8) is 0 Å². The van der Waals surface area contributed by atoms with Gasteiger partial charge in [-0.2, -0.15) is 0 Å². The van der Waals surface area contributed by atoms with Crippen molar-refractivity contribution in [2.75, 3.05) is 34.5 Å². The molecule has 4 unspecified atom stereocenters. The fraction of sp³-hybridized carbons (Fsp3) is 0.591. The van der Waals surface area contributed by atoms with Crippen LogP contribution in [0.1, 0.15) is 38.7 Å². The number of Topliss-reactive ketones (excluding diaryl/α,β-unsaturated/α-hetero) is 1. The highest BCUT2D eigenvalue weighted by Crippen LogP contribution is 2.51. The lowest BCUT2D eigenvalue weighted by Gasteiger charge is -2.43. The normalized spacial score (nSPS) is 25.5. The Labute approximate surface area is 181 Å². The molecule has 1 aromatic carbocycles. The van der Waals surface area contributed by atoms with Crippen LogP contribution in [0.2, 0.25) is 0 Å². The fourth-order valence-electron chi connectivity index (χ4n) is 4.17. The lowest BCUT2D eigenvalue weighted by molar-refractivity contribution is -0.172. The minimum Gasteiger partial charge on any atom is -0.496 e. The molecule has 1 fully saturated rings. The lowest BCUT2D eigenvalue weighted by atomic mass is 9.61. The summed E-state index contributed by atoms with van der Waals surface area (Å²) in [5, 5.41) is 11.1. The van der Waals surface area contributed by atoms with Crippen molar-refractivity contribution in [3.8, 4) is 17.2 Å². The topological polar surface area (TPSA) is 118 Å². The van der Waals surface area contributed by atoms with Gasteiger partial charge in [0.2, 0.25) is 0 Å². The van der Waals surface area contributed by atoms with E-state index in [0.717, 1.165) is 0 Å². The molecule has 0 aliphatic heterocycles. The SMILES string of the molecule is CCOC(=O)C1C(=O)CC(C)(O)C(C(=O)OCC)C1c1cc(OC)c(OC)cc1OC. The second-order valence-electron chi connectivity index (χ2n) is 7.43. The van der Waals surface area contributed by atoms with E-state index in [1.807, 2.05) is 0 Å². The summed E-state index contributed by atoms with van der Waals surface area (Å²) in [6.45, 7) is 4.76. The van der Waals surface area contributed by atoms with Crippen molar-refractivity contribution < 1.29 is 43.2 Å². The summed E-state index contributed by atoms with van der Waals surface area (Å²) in [5.41, 5.74) is -1.43. The van der Waals surface area contributed by atoms with Crippen molar-refractivity contribution in [2.45, 2.75) is 38.7 Å². The molecule has 1 saturated carbocycles. The standard InChI is InChI=1S/C22H30O9/c1-7-30-20(24)18-13(23)11-22(3,26)19(21(25)31-8-2)17(18)12-9-15(28-5)16(29-6)10-14(12)27-4/h9-10,17-19,26H,7-8,11H2,1-6H3. The third-order valence-electron chi connectivity index (χ3n) is 5.44. The Morgan fingerprint density at radius 1 is 0.968 bits per heavy atom. The molecule has 1 aliphatic rings. The molecule has 2 rings (SSSR count). The monoisotopic (exact) mass is 438 g/mol. The third-order valence-corrected chi connectivity index (χ3v) is 5.44. The van der Waals surface area contributed by atoms with Gasteiger partial charge in [-0.15, -0.1) is 0 Å². The second-order valence-corrected chi connectivity index (χ2v) is 7.43. The van der Waals surface area contributed by atoms with Crippen LogP contribution < -0.4 is 14.2 Å². The molecule has 0 aromatic heterocycles. The van der Waals surface area contributed by atoms with Crippen molar-refractivity contribution in [1.82, 2.24) is 0 Å². The number of esters is 2. The molecule has 0 amide bonds. The van der Waals surface area contributed by atoms with E-state index in [9.17, 15) is 19.5 Å². The molecule has 0 radical (unpaired) electrons. The van der Waals surface area contributed by atoms with Gasteiger partial charge in [-0.3, -0.25) is 14.4 Å². The Kier molecular flexibility index (Phi) is 7.89. The van der Waals surface area contributed by atoms with E-state index in [1.165, 1.54) is 40.4 Å². The van der Waals surface area contributed by atoms with Crippen molar-refractivity contribution in [2.24, 2.45) is 11.8 Å². The van der Waals surface area contributed by atoms with Crippen LogP contribution in [0, 0.1) is 11.8 Å². The van der Waals surface area contributed by atoms with Crippen molar-refractivity contribution in [1.29, 1.82) is 0 Å². The first kappa shape index (κ1) is 24.5. The van der Waals surface area contributed by atoms with E-state index < -0.39 is 47.5 Å². The van der Waals surface area contributed by atoms with Gasteiger partial charge in [0.05, 0.1) is 46.1 Å². The molecule has 31 heavy (non-hydrogen) atoms. The minimum absolute atomic E-state index is 0.0544. The predicted molar refractivity (Wildman–Crippen MR) is 109 cm³/mol. The Morgan fingerprint density at radius 2 is 1.48 bits per heavy atom. The lowest BCUT2D eigenvalue weighted by Crippen LogP contribution is -2.55. The van der Waals surface area contributed by atoms with Crippen LogP contribution in [0.3, 0.4) is 0 Å². The van der Waals surface area contributed by atoms with E-state index in [4.69, 9.17) is 23.7 Å². The van der Waals surface area contributed by atoms with E-state index in [1.54, 1.807) is 13.8 Å². The third kappa shape index (κ3) is 4.76. The number of carbonyl (C=O) groups excluding carboxylic acids is 3. The van der Waals surface area contributed by atoms with Gasteiger partial charge >= 0.3 is 11.9 Å². The van der Waals surface area contributed by atoms with Crippen molar-refractivity contribution >= 4 is 17.7 Å². The zero-order valence-electron chi connectivity index (χ0n) is 18.7. The first-order chi connectivity index (χ1) is 14.7. The smallest absolute Gasteiger partial charge is 0.317 e. The van der Waals surface area contributed by atoms with Crippen LogP contribution in [-0.4, -0.2) is 63.0 Å². The number of hydrogen-bond donors (Lipinski definition) is 1. The highest BCUT2D eigenvalue weighted by molar-refractivity contribution is 6.03. The average Bonchev–Trinajstić information content (AvgIpc) is 2.71. The Hall–Kier alpha value is -2.81. The molecule has 9 nitrogen and oxygen atoms in total. The quantitative estimate of drug-likeness (QED) is 0.479. The maximum absolute atomic E-state index is 13.0. The summed E-state index contributed by atoms with van der Waals surface area (Å²) in [5.74, 6) is -4.78. The van der Waals surface area contributed by atoms with Gasteiger partial charge in [-0.25, -0.2) is 0 Å². The number of ether oxygens (including phenoxy) is 5. The van der Waals surface area contributed by atoms with Crippen LogP contribution in [0.5, 0.6) is 17.2 Å². The van der Waals surface area contributed by atoms with E-state index in [0.29, 0.717) is 17.1 Å². The Bertz CT molecular complexity index is 831. The molecular weight excluding hydrogens is 408 g/mol.